The van der Waals surface area contributed by atoms with Crippen LogP contribution in [0.25, 0.3) is 0 Å². The van der Waals surface area contributed by atoms with Gasteiger partial charge < -0.3 is 4.57 Å². The lowest BCUT2D eigenvalue weighted by Gasteiger charge is -2.44. The van der Waals surface area contributed by atoms with Gasteiger partial charge in [0.1, 0.15) is 8.24 Å². The molecular formula is C17H37NSi. The van der Waals surface area contributed by atoms with Crippen molar-refractivity contribution >= 4 is 8.24 Å². The number of rotatable bonds is 6. The van der Waals surface area contributed by atoms with Crippen molar-refractivity contribution in [3.8, 4) is 0 Å². The topological polar surface area (TPSA) is 3.24 Å². The highest BCUT2D eigenvalue weighted by Gasteiger charge is 2.51. The van der Waals surface area contributed by atoms with Gasteiger partial charge in [-0.25, -0.2) is 0 Å². The van der Waals surface area contributed by atoms with Gasteiger partial charge in [0.15, 0.2) is 0 Å². The van der Waals surface area contributed by atoms with Crippen LogP contribution in [0.4, 0.5) is 0 Å². The van der Waals surface area contributed by atoms with Gasteiger partial charge in [0, 0.05) is 0 Å². The molecule has 114 valence electrons. The van der Waals surface area contributed by atoms with Gasteiger partial charge in [0.05, 0.1) is 0 Å². The summed E-state index contributed by atoms with van der Waals surface area (Å²) >= 11 is 0. The van der Waals surface area contributed by atoms with E-state index in [1.165, 1.54) is 25.9 Å². The van der Waals surface area contributed by atoms with Gasteiger partial charge in [-0.15, -0.1) is 0 Å². The molecule has 0 aromatic heterocycles. The second-order valence-electron chi connectivity index (χ2n) is 7.55. The van der Waals surface area contributed by atoms with E-state index in [9.17, 15) is 0 Å². The average Bonchev–Trinajstić information content (AvgIpc) is 2.54. The van der Waals surface area contributed by atoms with Crippen molar-refractivity contribution < 1.29 is 0 Å². The van der Waals surface area contributed by atoms with Gasteiger partial charge in [0.2, 0.25) is 0 Å². The maximum absolute atomic E-state index is 2.87. The molecule has 0 aliphatic heterocycles. The first kappa shape index (κ1) is 17.2. The summed E-state index contributed by atoms with van der Waals surface area (Å²) < 4.78 is 2.87. The second-order valence-corrected chi connectivity index (χ2v) is 12.2. The van der Waals surface area contributed by atoms with Crippen molar-refractivity contribution in [2.75, 3.05) is 13.1 Å². The van der Waals surface area contributed by atoms with Crippen LogP contribution in [-0.2, 0) is 0 Å². The zero-order valence-corrected chi connectivity index (χ0v) is 15.7. The van der Waals surface area contributed by atoms with E-state index in [1.807, 2.05) is 0 Å². The summed E-state index contributed by atoms with van der Waals surface area (Å²) in [7, 11) is -1.31. The number of unbranched alkanes of at least 4 members (excludes halogenated alkanes) is 1. The lowest BCUT2D eigenvalue weighted by atomic mass is 9.92. The normalized spacial score (nSPS) is 36.2. The number of nitrogens with zero attached hydrogens (tertiary/aromatic N) is 1. The fourth-order valence-electron chi connectivity index (χ4n) is 4.79. The molecule has 0 aromatic carbocycles. The lowest BCUT2D eigenvalue weighted by molar-refractivity contribution is 0.352. The molecule has 0 amide bonds. The Morgan fingerprint density at radius 1 is 0.842 bits per heavy atom. The van der Waals surface area contributed by atoms with Gasteiger partial charge in [-0.1, -0.05) is 61.1 Å². The van der Waals surface area contributed by atoms with E-state index in [2.05, 4.69) is 59.2 Å². The van der Waals surface area contributed by atoms with Crippen LogP contribution < -0.4 is 0 Å². The predicted octanol–water partition coefficient (Wildman–Crippen LogP) is 5.24. The molecule has 1 aliphatic rings. The summed E-state index contributed by atoms with van der Waals surface area (Å²) in [5.74, 6) is 3.61. The molecule has 0 aromatic rings. The Labute approximate surface area is 123 Å². The smallest absolute Gasteiger partial charge is 0.125 e. The molecule has 4 atom stereocenters. The van der Waals surface area contributed by atoms with Crippen LogP contribution in [0, 0.1) is 23.7 Å². The summed E-state index contributed by atoms with van der Waals surface area (Å²) in [6, 6.07) is 0. The minimum Gasteiger partial charge on any atom is -0.324 e. The number of hydrogen-bond acceptors (Lipinski definition) is 1. The molecular weight excluding hydrogens is 246 g/mol. The van der Waals surface area contributed by atoms with E-state index in [0.717, 1.165) is 29.2 Å². The summed E-state index contributed by atoms with van der Waals surface area (Å²) in [5.41, 5.74) is 0.967. The highest BCUT2D eigenvalue weighted by atomic mass is 28.3. The maximum Gasteiger partial charge on any atom is 0.125 e. The third-order valence-corrected chi connectivity index (χ3v) is 11.3. The Morgan fingerprint density at radius 3 is 1.68 bits per heavy atom. The van der Waals surface area contributed by atoms with E-state index in [4.69, 9.17) is 0 Å². The van der Waals surface area contributed by atoms with Gasteiger partial charge in [0.25, 0.3) is 0 Å². The fraction of sp³-hybridized carbons (Fsp3) is 1.00. The van der Waals surface area contributed by atoms with Gasteiger partial charge in [-0.3, -0.25) is 0 Å². The molecule has 0 heterocycles. The maximum atomic E-state index is 2.87. The van der Waals surface area contributed by atoms with Crippen molar-refractivity contribution in [3.63, 3.8) is 0 Å². The zero-order valence-electron chi connectivity index (χ0n) is 14.7. The molecule has 2 heteroatoms. The number of hydrogen-bond donors (Lipinski definition) is 0. The van der Waals surface area contributed by atoms with Crippen molar-refractivity contribution in [3.05, 3.63) is 0 Å². The minimum atomic E-state index is -1.31. The van der Waals surface area contributed by atoms with Crippen LogP contribution in [0.5, 0.6) is 0 Å². The first-order chi connectivity index (χ1) is 8.78. The summed E-state index contributed by atoms with van der Waals surface area (Å²) in [4.78, 5) is 0. The quantitative estimate of drug-likeness (QED) is 0.602. The Kier molecular flexibility index (Phi) is 6.13. The molecule has 1 fully saturated rings. The standard InChI is InChI=1S/C17H37NSi/c1-9-11-12-18(10-2)19(7,8)17-15(5)13(3)14(4)16(17)6/h13-17H,9-12H2,1-8H3. The van der Waals surface area contributed by atoms with Crippen LogP contribution in [0.15, 0.2) is 0 Å². The SMILES string of the molecule is CCCCN(CC)[Si](C)(C)C1C(C)C(C)C(C)C1C. The lowest BCUT2D eigenvalue weighted by Crippen LogP contribution is -2.54. The van der Waals surface area contributed by atoms with Crippen LogP contribution in [-0.4, -0.2) is 25.9 Å². The molecule has 0 spiro atoms. The van der Waals surface area contributed by atoms with Crippen molar-refractivity contribution in [2.24, 2.45) is 23.7 Å². The molecule has 1 rings (SSSR count). The third kappa shape index (κ3) is 3.26. The molecule has 0 saturated heterocycles. The average molecular weight is 284 g/mol. The Balaban J connectivity index is 2.91. The van der Waals surface area contributed by atoms with Crippen molar-refractivity contribution in [2.45, 2.75) is 73.0 Å². The largest absolute Gasteiger partial charge is 0.324 e. The van der Waals surface area contributed by atoms with Gasteiger partial charge in [-0.05, 0) is 48.7 Å². The molecule has 1 aliphatic carbocycles. The van der Waals surface area contributed by atoms with Crippen molar-refractivity contribution in [1.29, 1.82) is 0 Å². The molecule has 4 unspecified atom stereocenters. The third-order valence-electron chi connectivity index (χ3n) is 6.42. The molecule has 0 bridgehead atoms. The zero-order chi connectivity index (χ0) is 14.8. The molecule has 0 N–H and O–H groups in total. The monoisotopic (exact) mass is 283 g/mol. The van der Waals surface area contributed by atoms with Crippen LogP contribution in [0.3, 0.4) is 0 Å². The van der Waals surface area contributed by atoms with Gasteiger partial charge >= 0.3 is 0 Å². The van der Waals surface area contributed by atoms with Crippen LogP contribution in [0.1, 0.15) is 54.4 Å². The van der Waals surface area contributed by atoms with Gasteiger partial charge in [-0.2, -0.15) is 0 Å². The minimum absolute atomic E-state index is 0.900. The first-order valence-corrected chi connectivity index (χ1v) is 11.6. The predicted molar refractivity (Wildman–Crippen MR) is 90.0 cm³/mol. The Hall–Kier alpha value is 0.177. The summed E-state index contributed by atoms with van der Waals surface area (Å²) in [5, 5.41) is 0. The Morgan fingerprint density at radius 2 is 1.32 bits per heavy atom. The second kappa shape index (κ2) is 6.75. The molecule has 19 heavy (non-hydrogen) atoms. The van der Waals surface area contributed by atoms with Crippen molar-refractivity contribution in [1.82, 2.24) is 4.57 Å². The van der Waals surface area contributed by atoms with E-state index < -0.39 is 8.24 Å². The summed E-state index contributed by atoms with van der Waals surface area (Å²) in [6.07, 6.45) is 2.69. The molecule has 1 nitrogen and oxygen atoms in total. The Bertz CT molecular complexity index is 262. The molecule has 0 radical (unpaired) electrons. The highest BCUT2D eigenvalue weighted by molar-refractivity contribution is 6.76. The van der Waals surface area contributed by atoms with Crippen LogP contribution >= 0.6 is 0 Å². The van der Waals surface area contributed by atoms with E-state index in [1.54, 1.807) is 0 Å². The van der Waals surface area contributed by atoms with E-state index in [0.29, 0.717) is 0 Å². The fourth-order valence-corrected chi connectivity index (χ4v) is 9.94. The van der Waals surface area contributed by atoms with E-state index in [-0.39, 0.29) is 0 Å². The van der Waals surface area contributed by atoms with E-state index >= 15 is 0 Å². The molecule has 1 saturated carbocycles. The highest BCUT2D eigenvalue weighted by Crippen LogP contribution is 2.54. The first-order valence-electron chi connectivity index (χ1n) is 8.54. The summed E-state index contributed by atoms with van der Waals surface area (Å²) in [6.45, 7) is 22.5. The van der Waals surface area contributed by atoms with Crippen LogP contribution in [0.2, 0.25) is 18.6 Å².